The number of aromatic nitrogens is 1. The summed E-state index contributed by atoms with van der Waals surface area (Å²) in [4.78, 5) is 7.67. The number of nitrogens with one attached hydrogen (secondary N) is 3. The van der Waals surface area contributed by atoms with E-state index in [2.05, 4.69) is 98.7 Å². The van der Waals surface area contributed by atoms with Crippen molar-refractivity contribution in [1.29, 1.82) is 0 Å². The molecular weight excluding hydrogens is 783 g/mol. The fraction of sp³-hybridized carbons (Fsp3) is 0.400. The molecule has 1 aromatic heterocycles. The average Bonchev–Trinajstić information content (AvgIpc) is 3.26. The topological polar surface area (TPSA) is 95.6 Å². The van der Waals surface area contributed by atoms with Gasteiger partial charge in [0.1, 0.15) is 5.75 Å². The lowest BCUT2D eigenvalue weighted by Gasteiger charge is -2.52. The fourth-order valence-electron chi connectivity index (χ4n) is 9.41. The molecular formula is C50H61N5O3S2. The minimum atomic E-state index is -4.11. The molecule has 8 rings (SSSR count). The Bertz CT molecular complexity index is 2370. The molecule has 3 aliphatic rings. The summed E-state index contributed by atoms with van der Waals surface area (Å²) >= 11 is 6.36. The highest BCUT2D eigenvalue weighted by molar-refractivity contribution is 7.89. The highest BCUT2D eigenvalue weighted by Gasteiger charge is 2.43. The van der Waals surface area contributed by atoms with Crippen LogP contribution in [0.2, 0.25) is 0 Å². The summed E-state index contributed by atoms with van der Waals surface area (Å²) in [6.45, 7) is 18.7. The zero-order chi connectivity index (χ0) is 42.7. The summed E-state index contributed by atoms with van der Waals surface area (Å²) in [5.41, 5.74) is 6.46. The van der Waals surface area contributed by atoms with Gasteiger partial charge in [-0.2, -0.15) is 0 Å². The van der Waals surface area contributed by atoms with Gasteiger partial charge in [-0.1, -0.05) is 120 Å². The first-order valence-corrected chi connectivity index (χ1v) is 23.3. The predicted molar refractivity (Wildman–Crippen MR) is 249 cm³/mol. The average molecular weight is 844 g/mol. The van der Waals surface area contributed by atoms with E-state index in [-0.39, 0.29) is 29.8 Å². The Kier molecular flexibility index (Phi) is 13.5. The smallest absolute Gasteiger partial charge is 0.241 e. The summed E-state index contributed by atoms with van der Waals surface area (Å²) in [6, 6.07) is 30.7. The van der Waals surface area contributed by atoms with Gasteiger partial charge in [-0.3, -0.25) is 9.88 Å². The Labute approximate surface area is 363 Å². The van der Waals surface area contributed by atoms with Crippen molar-refractivity contribution in [1.82, 2.24) is 25.2 Å². The lowest BCUT2D eigenvalue weighted by atomic mass is 9.73. The van der Waals surface area contributed by atoms with Crippen LogP contribution in [0.5, 0.6) is 5.75 Å². The third kappa shape index (κ3) is 9.17. The third-order valence-corrected chi connectivity index (χ3v) is 14.5. The number of hydrogen-bond donors (Lipinski definition) is 3. The molecule has 4 heterocycles. The molecule has 3 aliphatic heterocycles. The minimum Gasteiger partial charge on any atom is -0.497 e. The van der Waals surface area contributed by atoms with Crippen molar-refractivity contribution in [2.45, 2.75) is 101 Å². The second-order valence-electron chi connectivity index (χ2n) is 17.5. The lowest BCUT2D eigenvalue weighted by molar-refractivity contribution is 0.00426. The van der Waals surface area contributed by atoms with E-state index < -0.39 is 22.1 Å². The molecule has 3 N–H and O–H groups in total. The van der Waals surface area contributed by atoms with Crippen molar-refractivity contribution in [2.24, 2.45) is 11.8 Å². The molecule has 4 aromatic carbocycles. The second kappa shape index (κ2) is 18.6. The SMILES string of the molecule is C=C[C@H]1CN2CC[C@H]1C[C@H]2[C@@H](NC(=S)N[C@@H](c1ccccc1)[C@@H](NS(=O)(=O)c1c(C(C)C)cc(C(C)C)cc1C(C)C)c1ccccc1)c1ccnc2ccc(OC)cc12. The van der Waals surface area contributed by atoms with E-state index in [4.69, 9.17) is 21.9 Å². The Balaban J connectivity index is 1.31. The summed E-state index contributed by atoms with van der Waals surface area (Å²) in [5, 5.41) is 8.95. The molecule has 0 amide bonds. The number of thiocarbonyl (C=S) groups is 1. The van der Waals surface area contributed by atoms with Crippen molar-refractivity contribution in [2.75, 3.05) is 20.2 Å². The van der Waals surface area contributed by atoms with Crippen molar-refractivity contribution in [3.05, 3.63) is 149 Å². The first-order valence-electron chi connectivity index (χ1n) is 21.5. The minimum absolute atomic E-state index is 0.0171. The van der Waals surface area contributed by atoms with Crippen LogP contribution in [0.4, 0.5) is 0 Å². The standard InChI is InChI=1S/C50H61N5O3S2/c1-9-34-30-55-25-23-37(34)28-45(55)48(40-22-24-51-44-21-20-39(58-8)29-43(40)44)53-50(59)52-46(35-16-12-10-13-17-35)47(36-18-14-11-15-19-36)54-60(56,57)49-41(32(4)5)26-38(31(2)3)27-42(49)33(6)7/h9-22,24,26-27,29,31-34,37,45-48,54H,1,23,25,28,30H2,2-8H3,(H2,52,53,59)/t34-,37-,45-,46-,47-,48-/m0/s1. The predicted octanol–water partition coefficient (Wildman–Crippen LogP) is 10.5. The lowest BCUT2D eigenvalue weighted by Crippen LogP contribution is -2.58. The largest absolute Gasteiger partial charge is 0.497 e. The fourth-order valence-corrected chi connectivity index (χ4v) is 11.6. The van der Waals surface area contributed by atoms with Crippen LogP contribution in [-0.2, 0) is 10.0 Å². The van der Waals surface area contributed by atoms with Gasteiger partial charge in [0.25, 0.3) is 0 Å². The first kappa shape index (κ1) is 43.5. The monoisotopic (exact) mass is 843 g/mol. The molecule has 2 bridgehead atoms. The highest BCUT2D eigenvalue weighted by atomic mass is 32.2. The van der Waals surface area contributed by atoms with Crippen LogP contribution in [0, 0.1) is 11.8 Å². The Hall–Kier alpha value is -4.61. The van der Waals surface area contributed by atoms with Crippen LogP contribution in [0.1, 0.15) is 124 Å². The molecule has 3 saturated heterocycles. The van der Waals surface area contributed by atoms with E-state index in [1.54, 1.807) is 7.11 Å². The van der Waals surface area contributed by atoms with Crippen LogP contribution in [0.15, 0.2) is 121 Å². The molecule has 7 atom stereocenters. The van der Waals surface area contributed by atoms with Gasteiger partial charge < -0.3 is 15.4 Å². The molecule has 5 aromatic rings. The van der Waals surface area contributed by atoms with Gasteiger partial charge in [-0.05, 0) is 119 Å². The first-order chi connectivity index (χ1) is 28.8. The van der Waals surface area contributed by atoms with Gasteiger partial charge in [0.2, 0.25) is 10.0 Å². The Morgan fingerprint density at radius 2 is 1.45 bits per heavy atom. The Morgan fingerprint density at radius 1 is 0.817 bits per heavy atom. The molecule has 8 nitrogen and oxygen atoms in total. The van der Waals surface area contributed by atoms with E-state index >= 15 is 8.42 Å². The molecule has 1 unspecified atom stereocenters. The molecule has 316 valence electrons. The zero-order valence-electron chi connectivity index (χ0n) is 36.1. The number of fused-ring (bicyclic) bond motifs is 4. The van der Waals surface area contributed by atoms with Gasteiger partial charge in [-0.15, -0.1) is 6.58 Å². The van der Waals surface area contributed by atoms with Crippen LogP contribution in [0.25, 0.3) is 10.9 Å². The van der Waals surface area contributed by atoms with Crippen LogP contribution < -0.4 is 20.1 Å². The van der Waals surface area contributed by atoms with Gasteiger partial charge in [0, 0.05) is 24.2 Å². The number of nitrogens with zero attached hydrogens (tertiary/aromatic N) is 2. The molecule has 10 heteroatoms. The van der Waals surface area contributed by atoms with Gasteiger partial charge in [-0.25, -0.2) is 13.1 Å². The van der Waals surface area contributed by atoms with Crippen LogP contribution >= 0.6 is 12.2 Å². The highest BCUT2D eigenvalue weighted by Crippen LogP contribution is 2.43. The van der Waals surface area contributed by atoms with E-state index in [9.17, 15) is 0 Å². The van der Waals surface area contributed by atoms with Gasteiger partial charge >= 0.3 is 0 Å². The van der Waals surface area contributed by atoms with E-state index in [1.807, 2.05) is 79.0 Å². The maximum atomic E-state index is 15.2. The number of piperidine rings is 3. The molecule has 60 heavy (non-hydrogen) atoms. The summed E-state index contributed by atoms with van der Waals surface area (Å²) in [6.07, 6.45) is 6.12. The van der Waals surface area contributed by atoms with Crippen molar-refractivity contribution in [3.8, 4) is 5.75 Å². The number of sulfonamides is 1. The van der Waals surface area contributed by atoms with Crippen molar-refractivity contribution >= 4 is 38.3 Å². The molecule has 0 aliphatic carbocycles. The van der Waals surface area contributed by atoms with Crippen LogP contribution in [0.3, 0.4) is 0 Å². The number of hydrogen-bond acceptors (Lipinski definition) is 6. The van der Waals surface area contributed by atoms with Crippen molar-refractivity contribution in [3.63, 3.8) is 0 Å². The number of methoxy groups -OCH3 is 1. The second-order valence-corrected chi connectivity index (χ2v) is 19.6. The van der Waals surface area contributed by atoms with E-state index in [1.165, 1.54) is 0 Å². The summed E-state index contributed by atoms with van der Waals surface area (Å²) in [5.74, 6) is 1.96. The maximum absolute atomic E-state index is 15.2. The third-order valence-electron chi connectivity index (χ3n) is 12.7. The normalized spacial score (nSPS) is 20.6. The van der Waals surface area contributed by atoms with E-state index in [0.717, 1.165) is 76.0 Å². The molecule has 0 spiro atoms. The van der Waals surface area contributed by atoms with E-state index in [0.29, 0.717) is 21.8 Å². The number of benzene rings is 4. The Morgan fingerprint density at radius 3 is 2.00 bits per heavy atom. The molecule has 0 radical (unpaired) electrons. The zero-order valence-corrected chi connectivity index (χ0v) is 37.7. The summed E-state index contributed by atoms with van der Waals surface area (Å²) in [7, 11) is -2.42. The van der Waals surface area contributed by atoms with Crippen molar-refractivity contribution < 1.29 is 13.2 Å². The maximum Gasteiger partial charge on any atom is 0.241 e. The number of pyridine rings is 1. The van der Waals surface area contributed by atoms with Gasteiger partial charge in [0.05, 0.1) is 35.6 Å². The van der Waals surface area contributed by atoms with Gasteiger partial charge in [0.15, 0.2) is 5.11 Å². The quantitative estimate of drug-likeness (QED) is 0.0709. The van der Waals surface area contributed by atoms with Crippen LogP contribution in [-0.4, -0.2) is 49.7 Å². The number of rotatable bonds is 15. The number of ether oxygens (including phenoxy) is 1. The molecule has 3 fully saturated rings. The molecule has 0 saturated carbocycles. The summed E-state index contributed by atoms with van der Waals surface area (Å²) < 4.78 is 39.4.